The van der Waals surface area contributed by atoms with Gasteiger partial charge in [-0.25, -0.2) is 9.59 Å². The molecule has 0 aromatic rings. The van der Waals surface area contributed by atoms with Crippen LogP contribution >= 0.6 is 0 Å². The minimum absolute atomic E-state index is 0.0517. The number of urea groups is 1. The topological polar surface area (TPSA) is 122 Å². The third kappa shape index (κ3) is 6.26. The van der Waals surface area contributed by atoms with Crippen LogP contribution in [0.4, 0.5) is 9.59 Å². The molecule has 1 rings (SSSR count). The number of hydrogen-bond acceptors (Lipinski definition) is 4. The molecule has 0 saturated carbocycles. The van der Waals surface area contributed by atoms with Crippen LogP contribution in [0.1, 0.15) is 25.7 Å². The number of primary amides is 1. The Morgan fingerprint density at radius 3 is 2.50 bits per heavy atom. The van der Waals surface area contributed by atoms with Gasteiger partial charge in [-0.15, -0.1) is 0 Å². The first-order valence-electron chi connectivity index (χ1n) is 6.66. The Morgan fingerprint density at radius 1 is 1.30 bits per heavy atom. The summed E-state index contributed by atoms with van der Waals surface area (Å²) in [6, 6.07) is -0.199. The molecule has 114 valence electrons. The number of rotatable bonds is 6. The molecule has 8 heteroatoms. The van der Waals surface area contributed by atoms with E-state index in [1.807, 2.05) is 0 Å². The van der Waals surface area contributed by atoms with Crippen molar-refractivity contribution >= 4 is 18.1 Å². The molecular formula is C12H21N3O5. The highest BCUT2D eigenvalue weighted by atomic mass is 16.5. The van der Waals surface area contributed by atoms with E-state index in [0.717, 1.165) is 12.8 Å². The lowest BCUT2D eigenvalue weighted by atomic mass is 9.92. The highest BCUT2D eigenvalue weighted by molar-refractivity contribution is 5.74. The van der Waals surface area contributed by atoms with Gasteiger partial charge in [0.25, 0.3) is 0 Å². The number of carboxylic acid groups (broad SMARTS) is 1. The molecule has 1 heterocycles. The monoisotopic (exact) mass is 287 g/mol. The number of amides is 3. The maximum atomic E-state index is 11.8. The number of hydrogen-bond donors (Lipinski definition) is 3. The van der Waals surface area contributed by atoms with E-state index >= 15 is 0 Å². The molecule has 0 radical (unpaired) electrons. The van der Waals surface area contributed by atoms with E-state index in [1.54, 1.807) is 4.90 Å². The predicted octanol–water partition coefficient (Wildman–Crippen LogP) is 0.368. The highest BCUT2D eigenvalue weighted by Crippen LogP contribution is 2.21. The SMILES string of the molecule is NC(=O)OCCNC(=O)N1CCC(CCC(=O)O)CC1. The van der Waals surface area contributed by atoms with Crippen LogP contribution < -0.4 is 11.1 Å². The average Bonchev–Trinajstić information content (AvgIpc) is 2.41. The zero-order chi connectivity index (χ0) is 15.0. The number of carbonyl (C=O) groups excluding carboxylic acids is 2. The first kappa shape index (κ1) is 16.1. The van der Waals surface area contributed by atoms with Gasteiger partial charge in [0.05, 0.1) is 6.54 Å². The molecule has 20 heavy (non-hydrogen) atoms. The van der Waals surface area contributed by atoms with E-state index in [1.165, 1.54) is 0 Å². The number of carbonyl (C=O) groups is 3. The van der Waals surface area contributed by atoms with Crippen LogP contribution in [-0.4, -0.2) is 54.3 Å². The molecule has 0 atom stereocenters. The van der Waals surface area contributed by atoms with E-state index < -0.39 is 12.1 Å². The summed E-state index contributed by atoms with van der Waals surface area (Å²) in [4.78, 5) is 34.3. The highest BCUT2D eigenvalue weighted by Gasteiger charge is 2.22. The number of nitrogens with one attached hydrogen (secondary N) is 1. The minimum Gasteiger partial charge on any atom is -0.481 e. The molecular weight excluding hydrogens is 266 g/mol. The van der Waals surface area contributed by atoms with Gasteiger partial charge in [0.1, 0.15) is 6.61 Å². The van der Waals surface area contributed by atoms with Crippen molar-refractivity contribution in [2.75, 3.05) is 26.2 Å². The molecule has 4 N–H and O–H groups in total. The van der Waals surface area contributed by atoms with Crippen LogP contribution in [0.3, 0.4) is 0 Å². The molecule has 1 fully saturated rings. The minimum atomic E-state index is -0.863. The van der Waals surface area contributed by atoms with Crippen LogP contribution in [0, 0.1) is 5.92 Å². The second kappa shape index (κ2) is 8.23. The van der Waals surface area contributed by atoms with Gasteiger partial charge in [0, 0.05) is 19.5 Å². The maximum Gasteiger partial charge on any atom is 0.404 e. The van der Waals surface area contributed by atoms with Gasteiger partial charge in [0.15, 0.2) is 0 Å². The summed E-state index contributed by atoms with van der Waals surface area (Å²) in [6.45, 7) is 1.51. The first-order valence-corrected chi connectivity index (χ1v) is 6.66. The Kier molecular flexibility index (Phi) is 6.61. The van der Waals surface area contributed by atoms with E-state index in [-0.39, 0.29) is 25.6 Å². The zero-order valence-corrected chi connectivity index (χ0v) is 11.3. The van der Waals surface area contributed by atoms with Gasteiger partial charge in [-0.1, -0.05) is 0 Å². The molecule has 0 unspecified atom stereocenters. The van der Waals surface area contributed by atoms with Crippen LogP contribution in [0.5, 0.6) is 0 Å². The fraction of sp³-hybridized carbons (Fsp3) is 0.750. The van der Waals surface area contributed by atoms with Crippen molar-refractivity contribution in [1.82, 2.24) is 10.2 Å². The van der Waals surface area contributed by atoms with E-state index in [0.29, 0.717) is 25.4 Å². The Labute approximate surface area is 117 Å². The average molecular weight is 287 g/mol. The molecule has 0 spiro atoms. The lowest BCUT2D eigenvalue weighted by Gasteiger charge is -2.31. The largest absolute Gasteiger partial charge is 0.481 e. The number of piperidine rings is 1. The third-order valence-electron chi connectivity index (χ3n) is 3.29. The van der Waals surface area contributed by atoms with E-state index in [4.69, 9.17) is 10.8 Å². The predicted molar refractivity (Wildman–Crippen MR) is 70.1 cm³/mol. The Hall–Kier alpha value is -1.99. The summed E-state index contributed by atoms with van der Waals surface area (Å²) in [6.07, 6.45) is 1.62. The second-order valence-electron chi connectivity index (χ2n) is 4.76. The van der Waals surface area contributed by atoms with Gasteiger partial charge < -0.3 is 25.8 Å². The van der Waals surface area contributed by atoms with Crippen LogP contribution in [0.15, 0.2) is 0 Å². The Balaban J connectivity index is 2.15. The summed E-state index contributed by atoms with van der Waals surface area (Å²) in [5, 5.41) is 11.3. The van der Waals surface area contributed by atoms with Gasteiger partial charge >= 0.3 is 18.1 Å². The number of nitrogens with zero attached hydrogens (tertiary/aromatic N) is 1. The van der Waals surface area contributed by atoms with Gasteiger partial charge in [-0.2, -0.15) is 0 Å². The van der Waals surface area contributed by atoms with E-state index in [9.17, 15) is 14.4 Å². The Morgan fingerprint density at radius 2 is 1.95 bits per heavy atom. The summed E-state index contributed by atoms with van der Waals surface area (Å²) in [5.41, 5.74) is 4.79. The van der Waals surface area contributed by atoms with Crippen molar-refractivity contribution in [2.24, 2.45) is 11.7 Å². The fourth-order valence-corrected chi connectivity index (χ4v) is 2.17. The van der Waals surface area contributed by atoms with Gasteiger partial charge in [0.2, 0.25) is 0 Å². The molecule has 0 aromatic carbocycles. The molecule has 3 amide bonds. The standard InChI is InChI=1S/C12H21N3O5/c13-11(18)20-8-5-14-12(19)15-6-3-9(4-7-15)1-2-10(16)17/h9H,1-8H2,(H2,13,18)(H,14,19)(H,16,17). The number of likely N-dealkylation sites (tertiary alicyclic amines) is 1. The molecule has 0 aromatic heterocycles. The summed E-state index contributed by atoms with van der Waals surface area (Å²) < 4.78 is 4.50. The van der Waals surface area contributed by atoms with Crippen molar-refractivity contribution in [3.63, 3.8) is 0 Å². The number of nitrogens with two attached hydrogens (primary N) is 1. The lowest BCUT2D eigenvalue weighted by molar-refractivity contribution is -0.137. The zero-order valence-electron chi connectivity index (χ0n) is 11.3. The van der Waals surface area contributed by atoms with Crippen LogP contribution in [0.2, 0.25) is 0 Å². The van der Waals surface area contributed by atoms with Crippen molar-refractivity contribution in [3.8, 4) is 0 Å². The van der Waals surface area contributed by atoms with Crippen molar-refractivity contribution in [1.29, 1.82) is 0 Å². The summed E-state index contributed by atoms with van der Waals surface area (Å²) in [7, 11) is 0. The van der Waals surface area contributed by atoms with Crippen molar-refractivity contribution in [2.45, 2.75) is 25.7 Å². The fourth-order valence-electron chi connectivity index (χ4n) is 2.17. The number of ether oxygens (including phenoxy) is 1. The number of aliphatic carboxylic acids is 1. The molecule has 1 aliphatic heterocycles. The maximum absolute atomic E-state index is 11.8. The quantitative estimate of drug-likeness (QED) is 0.609. The van der Waals surface area contributed by atoms with Crippen molar-refractivity contribution < 1.29 is 24.2 Å². The van der Waals surface area contributed by atoms with Crippen molar-refractivity contribution in [3.05, 3.63) is 0 Å². The van der Waals surface area contributed by atoms with Crippen LogP contribution in [-0.2, 0) is 9.53 Å². The van der Waals surface area contributed by atoms with Gasteiger partial charge in [-0.05, 0) is 25.2 Å². The third-order valence-corrected chi connectivity index (χ3v) is 3.29. The summed E-state index contributed by atoms with van der Waals surface area (Å²) in [5.74, 6) is -0.409. The second-order valence-corrected chi connectivity index (χ2v) is 4.76. The molecule has 1 aliphatic rings. The number of carboxylic acids is 1. The first-order chi connectivity index (χ1) is 9.49. The van der Waals surface area contributed by atoms with Crippen LogP contribution in [0.25, 0.3) is 0 Å². The Bertz CT molecular complexity index is 353. The van der Waals surface area contributed by atoms with E-state index in [2.05, 4.69) is 10.1 Å². The molecule has 8 nitrogen and oxygen atoms in total. The molecule has 1 saturated heterocycles. The lowest BCUT2D eigenvalue weighted by Crippen LogP contribution is -2.45. The van der Waals surface area contributed by atoms with Gasteiger partial charge in [-0.3, -0.25) is 4.79 Å². The smallest absolute Gasteiger partial charge is 0.404 e. The molecule has 0 aliphatic carbocycles. The summed E-state index contributed by atoms with van der Waals surface area (Å²) >= 11 is 0. The molecule has 0 bridgehead atoms. The normalized spacial score (nSPS) is 15.7.